The van der Waals surface area contributed by atoms with Gasteiger partial charge in [-0.2, -0.15) is 0 Å². The number of nitrogens with one attached hydrogen (secondary N) is 1. The number of anilines is 1. The summed E-state index contributed by atoms with van der Waals surface area (Å²) in [6.45, 7) is 14.5. The average Bonchev–Trinajstić information content (AvgIpc) is 2.52. The van der Waals surface area contributed by atoms with E-state index in [0.29, 0.717) is 12.1 Å². The minimum absolute atomic E-state index is 0.355. The molecule has 4 nitrogen and oxygen atoms in total. The van der Waals surface area contributed by atoms with E-state index in [1.165, 1.54) is 5.56 Å². The zero-order valence-electron chi connectivity index (χ0n) is 14.0. The normalized spacial score (nSPS) is 21.5. The largest absolute Gasteiger partial charge is 0.354 e. The number of aromatic nitrogens is 1. The van der Waals surface area contributed by atoms with Gasteiger partial charge in [0.1, 0.15) is 5.82 Å². The maximum atomic E-state index is 4.68. The van der Waals surface area contributed by atoms with Crippen molar-refractivity contribution in [2.45, 2.75) is 46.2 Å². The van der Waals surface area contributed by atoms with Crippen LogP contribution in [0.3, 0.4) is 0 Å². The highest BCUT2D eigenvalue weighted by atomic mass is 15.3. The predicted molar refractivity (Wildman–Crippen MR) is 89.9 cm³/mol. The highest BCUT2D eigenvalue weighted by Crippen LogP contribution is 2.25. The molecule has 0 bridgehead atoms. The molecule has 1 aromatic heterocycles. The third-order valence-corrected chi connectivity index (χ3v) is 4.45. The van der Waals surface area contributed by atoms with Crippen LogP contribution >= 0.6 is 0 Å². The SMILES string of the molecule is CCCNC(C)c1cccnc1N1CCN(CC)C(C)C1. The van der Waals surface area contributed by atoms with Crippen molar-refractivity contribution in [1.29, 1.82) is 0 Å². The van der Waals surface area contributed by atoms with Crippen LogP contribution in [0.4, 0.5) is 5.82 Å². The molecule has 2 heterocycles. The summed E-state index contributed by atoms with van der Waals surface area (Å²) in [7, 11) is 0. The molecule has 4 heteroatoms. The zero-order chi connectivity index (χ0) is 15.2. The first-order chi connectivity index (χ1) is 10.2. The van der Waals surface area contributed by atoms with Crippen LogP contribution in [-0.2, 0) is 0 Å². The molecule has 2 rings (SSSR count). The van der Waals surface area contributed by atoms with Crippen molar-refractivity contribution >= 4 is 5.82 Å². The predicted octanol–water partition coefficient (Wildman–Crippen LogP) is 2.67. The lowest BCUT2D eigenvalue weighted by molar-refractivity contribution is 0.199. The number of hydrogen-bond acceptors (Lipinski definition) is 4. The van der Waals surface area contributed by atoms with E-state index in [1.807, 2.05) is 6.20 Å². The Hall–Kier alpha value is -1.13. The second kappa shape index (κ2) is 7.76. The molecular formula is C17H30N4. The van der Waals surface area contributed by atoms with Crippen molar-refractivity contribution in [3.8, 4) is 0 Å². The maximum absolute atomic E-state index is 4.68. The van der Waals surface area contributed by atoms with Crippen molar-refractivity contribution in [2.24, 2.45) is 0 Å². The smallest absolute Gasteiger partial charge is 0.133 e. The molecule has 1 fully saturated rings. The van der Waals surface area contributed by atoms with E-state index in [0.717, 1.165) is 45.0 Å². The van der Waals surface area contributed by atoms with Crippen molar-refractivity contribution < 1.29 is 0 Å². The van der Waals surface area contributed by atoms with Crippen LogP contribution < -0.4 is 10.2 Å². The van der Waals surface area contributed by atoms with Gasteiger partial charge in [0.25, 0.3) is 0 Å². The van der Waals surface area contributed by atoms with Crippen LogP contribution in [-0.4, -0.2) is 48.6 Å². The maximum Gasteiger partial charge on any atom is 0.133 e. The highest BCUT2D eigenvalue weighted by Gasteiger charge is 2.25. The molecule has 0 saturated carbocycles. The standard InChI is InChI=1S/C17H30N4/c1-5-9-18-15(4)16-8-7-10-19-17(16)21-12-11-20(6-2)14(3)13-21/h7-8,10,14-15,18H,5-6,9,11-13H2,1-4H3. The summed E-state index contributed by atoms with van der Waals surface area (Å²) < 4.78 is 0. The van der Waals surface area contributed by atoms with Crippen molar-refractivity contribution in [3.05, 3.63) is 23.9 Å². The van der Waals surface area contributed by atoms with Gasteiger partial charge in [0.2, 0.25) is 0 Å². The van der Waals surface area contributed by atoms with Gasteiger partial charge in [-0.1, -0.05) is 19.9 Å². The number of likely N-dealkylation sites (N-methyl/N-ethyl adjacent to an activating group) is 1. The summed E-state index contributed by atoms with van der Waals surface area (Å²) >= 11 is 0. The minimum atomic E-state index is 0.355. The number of nitrogens with zero attached hydrogens (tertiary/aromatic N) is 3. The summed E-state index contributed by atoms with van der Waals surface area (Å²) in [4.78, 5) is 9.68. The Balaban J connectivity index is 2.13. The van der Waals surface area contributed by atoms with E-state index < -0.39 is 0 Å². The van der Waals surface area contributed by atoms with Gasteiger partial charge < -0.3 is 10.2 Å². The molecule has 1 aliphatic heterocycles. The van der Waals surface area contributed by atoms with Crippen LogP contribution in [0.25, 0.3) is 0 Å². The van der Waals surface area contributed by atoms with Gasteiger partial charge in [0, 0.05) is 43.5 Å². The Morgan fingerprint density at radius 3 is 2.86 bits per heavy atom. The van der Waals surface area contributed by atoms with Crippen LogP contribution in [0.1, 0.15) is 45.7 Å². The minimum Gasteiger partial charge on any atom is -0.354 e. The van der Waals surface area contributed by atoms with Crippen LogP contribution in [0.15, 0.2) is 18.3 Å². The number of piperazine rings is 1. The van der Waals surface area contributed by atoms with Gasteiger partial charge in [0.15, 0.2) is 0 Å². The van der Waals surface area contributed by atoms with E-state index in [-0.39, 0.29) is 0 Å². The first-order valence-corrected chi connectivity index (χ1v) is 8.34. The zero-order valence-corrected chi connectivity index (χ0v) is 14.0. The Labute approximate surface area is 129 Å². The van der Waals surface area contributed by atoms with E-state index >= 15 is 0 Å². The molecule has 0 radical (unpaired) electrons. The Kier molecular flexibility index (Phi) is 6.00. The van der Waals surface area contributed by atoms with Crippen LogP contribution in [0.5, 0.6) is 0 Å². The van der Waals surface area contributed by atoms with Crippen LogP contribution in [0, 0.1) is 0 Å². The second-order valence-electron chi connectivity index (χ2n) is 6.02. The van der Waals surface area contributed by atoms with Gasteiger partial charge in [-0.3, -0.25) is 4.90 Å². The first-order valence-electron chi connectivity index (χ1n) is 8.34. The van der Waals surface area contributed by atoms with E-state index in [2.05, 4.69) is 59.9 Å². The summed E-state index contributed by atoms with van der Waals surface area (Å²) in [5.74, 6) is 1.16. The Morgan fingerprint density at radius 2 is 2.19 bits per heavy atom. The quantitative estimate of drug-likeness (QED) is 0.873. The molecule has 1 saturated heterocycles. The van der Waals surface area contributed by atoms with Gasteiger partial charge in [-0.05, 0) is 39.4 Å². The topological polar surface area (TPSA) is 31.4 Å². The molecule has 0 amide bonds. The third kappa shape index (κ3) is 3.95. The van der Waals surface area contributed by atoms with Crippen molar-refractivity contribution in [1.82, 2.24) is 15.2 Å². The van der Waals surface area contributed by atoms with Gasteiger partial charge in [0.05, 0.1) is 0 Å². The fraction of sp³-hybridized carbons (Fsp3) is 0.706. The fourth-order valence-corrected chi connectivity index (χ4v) is 3.14. The monoisotopic (exact) mass is 290 g/mol. The average molecular weight is 290 g/mol. The number of pyridine rings is 1. The molecular weight excluding hydrogens is 260 g/mol. The van der Waals surface area contributed by atoms with E-state index in [9.17, 15) is 0 Å². The third-order valence-electron chi connectivity index (χ3n) is 4.45. The van der Waals surface area contributed by atoms with Crippen molar-refractivity contribution in [2.75, 3.05) is 37.6 Å². The van der Waals surface area contributed by atoms with Gasteiger partial charge >= 0.3 is 0 Å². The molecule has 1 aromatic rings. The lowest BCUT2D eigenvalue weighted by Crippen LogP contribution is -2.52. The fourth-order valence-electron chi connectivity index (χ4n) is 3.14. The van der Waals surface area contributed by atoms with Gasteiger partial charge in [-0.15, -0.1) is 0 Å². The lowest BCUT2D eigenvalue weighted by atomic mass is 10.1. The molecule has 1 N–H and O–H groups in total. The molecule has 21 heavy (non-hydrogen) atoms. The van der Waals surface area contributed by atoms with Crippen molar-refractivity contribution in [3.63, 3.8) is 0 Å². The molecule has 118 valence electrons. The molecule has 0 spiro atoms. The van der Waals surface area contributed by atoms with E-state index in [4.69, 9.17) is 0 Å². The summed E-state index contributed by atoms with van der Waals surface area (Å²) in [5.41, 5.74) is 1.32. The lowest BCUT2D eigenvalue weighted by Gasteiger charge is -2.40. The van der Waals surface area contributed by atoms with Gasteiger partial charge in [-0.25, -0.2) is 4.98 Å². The second-order valence-corrected chi connectivity index (χ2v) is 6.02. The number of hydrogen-bond donors (Lipinski definition) is 1. The molecule has 2 atom stereocenters. The summed E-state index contributed by atoms with van der Waals surface area (Å²) in [6, 6.07) is 5.21. The molecule has 0 aliphatic carbocycles. The summed E-state index contributed by atoms with van der Waals surface area (Å²) in [6.07, 6.45) is 3.08. The first kappa shape index (κ1) is 16.2. The summed E-state index contributed by atoms with van der Waals surface area (Å²) in [5, 5.41) is 3.58. The molecule has 2 unspecified atom stereocenters. The molecule has 1 aliphatic rings. The highest BCUT2D eigenvalue weighted by molar-refractivity contribution is 5.49. The Morgan fingerprint density at radius 1 is 1.38 bits per heavy atom. The van der Waals surface area contributed by atoms with Crippen LogP contribution in [0.2, 0.25) is 0 Å². The number of rotatable bonds is 6. The van der Waals surface area contributed by atoms with E-state index in [1.54, 1.807) is 0 Å². The Bertz CT molecular complexity index is 435. The molecule has 0 aromatic carbocycles.